The first-order chi connectivity index (χ1) is 8.65. The summed E-state index contributed by atoms with van der Waals surface area (Å²) in [5.41, 5.74) is 0. The first kappa shape index (κ1) is 13.1. The Balaban J connectivity index is 1.74. The largest absolute Gasteiger partial charge is 0.360 e. The number of carbonyl (C=O) groups is 1. The van der Waals surface area contributed by atoms with E-state index in [1.54, 1.807) is 13.0 Å². The molecule has 1 aromatic rings. The van der Waals surface area contributed by atoms with Gasteiger partial charge in [-0.15, -0.1) is 0 Å². The fourth-order valence-corrected chi connectivity index (χ4v) is 2.37. The molecule has 0 spiro atoms. The van der Waals surface area contributed by atoms with E-state index in [-0.39, 0.29) is 5.91 Å². The Morgan fingerprint density at radius 3 is 3.11 bits per heavy atom. The summed E-state index contributed by atoms with van der Waals surface area (Å²) < 4.78 is 4.90. The Labute approximate surface area is 108 Å². The van der Waals surface area contributed by atoms with Crippen LogP contribution < -0.4 is 5.32 Å². The lowest BCUT2D eigenvalue weighted by Crippen LogP contribution is -2.39. The predicted molar refractivity (Wildman–Crippen MR) is 69.4 cm³/mol. The lowest BCUT2D eigenvalue weighted by Gasteiger charge is -2.32. The van der Waals surface area contributed by atoms with Gasteiger partial charge >= 0.3 is 0 Å². The van der Waals surface area contributed by atoms with Crippen molar-refractivity contribution in [1.82, 2.24) is 10.1 Å². The van der Waals surface area contributed by atoms with Gasteiger partial charge in [-0.05, 0) is 33.2 Å². The van der Waals surface area contributed by atoms with Gasteiger partial charge in [-0.1, -0.05) is 11.6 Å². The van der Waals surface area contributed by atoms with E-state index in [1.165, 1.54) is 19.3 Å². The molecule has 1 aliphatic rings. The summed E-state index contributed by atoms with van der Waals surface area (Å²) in [4.78, 5) is 14.1. The normalized spacial score (nSPS) is 20.9. The Morgan fingerprint density at radius 2 is 2.44 bits per heavy atom. The van der Waals surface area contributed by atoms with E-state index in [0.717, 1.165) is 13.1 Å². The number of nitrogens with one attached hydrogen (secondary N) is 1. The number of amides is 1. The number of aromatic nitrogens is 1. The van der Waals surface area contributed by atoms with Crippen molar-refractivity contribution in [2.75, 3.05) is 18.4 Å². The van der Waals surface area contributed by atoms with Gasteiger partial charge in [-0.3, -0.25) is 4.79 Å². The van der Waals surface area contributed by atoms with Gasteiger partial charge in [0.25, 0.3) is 0 Å². The van der Waals surface area contributed by atoms with E-state index < -0.39 is 0 Å². The molecule has 1 atom stereocenters. The molecule has 5 heteroatoms. The van der Waals surface area contributed by atoms with Crippen LogP contribution in [0, 0.1) is 6.92 Å². The molecule has 1 N–H and O–H groups in total. The number of anilines is 1. The van der Waals surface area contributed by atoms with Crippen LogP contribution in [0.2, 0.25) is 0 Å². The third kappa shape index (κ3) is 3.57. The highest BCUT2D eigenvalue weighted by molar-refractivity contribution is 5.89. The summed E-state index contributed by atoms with van der Waals surface area (Å²) in [6.07, 6.45) is 4.30. The molecule has 18 heavy (non-hydrogen) atoms. The molecule has 5 nitrogen and oxygen atoms in total. The molecule has 0 bridgehead atoms. The Hall–Kier alpha value is -1.36. The smallest absolute Gasteiger partial charge is 0.226 e. The molecule has 1 aliphatic heterocycles. The van der Waals surface area contributed by atoms with E-state index in [0.29, 0.717) is 24.0 Å². The molecule has 1 aromatic heterocycles. The molecule has 1 saturated heterocycles. The van der Waals surface area contributed by atoms with Crippen molar-refractivity contribution < 1.29 is 9.32 Å². The Kier molecular flexibility index (Phi) is 4.36. The zero-order valence-electron chi connectivity index (χ0n) is 11.1. The molecule has 100 valence electrons. The van der Waals surface area contributed by atoms with E-state index in [9.17, 15) is 4.79 Å². The summed E-state index contributed by atoms with van der Waals surface area (Å²) in [6, 6.07) is 2.32. The standard InChI is InChI=1S/C13H21N3O2/c1-10-5-3-4-7-16(10)8-6-13(17)14-12-9-11(2)18-15-12/h9-10H,3-8H2,1-2H3,(H,14,15,17)/t10-/m1/s1. The number of piperidine rings is 1. The van der Waals surface area contributed by atoms with Crippen LogP contribution in [0.3, 0.4) is 0 Å². The molecular weight excluding hydrogens is 230 g/mol. The number of hydrogen-bond acceptors (Lipinski definition) is 4. The van der Waals surface area contributed by atoms with Gasteiger partial charge in [0.1, 0.15) is 5.76 Å². The molecule has 2 rings (SSSR count). The maximum Gasteiger partial charge on any atom is 0.226 e. The van der Waals surface area contributed by atoms with Gasteiger partial charge in [0, 0.05) is 25.1 Å². The van der Waals surface area contributed by atoms with Gasteiger partial charge in [0.2, 0.25) is 5.91 Å². The van der Waals surface area contributed by atoms with Crippen LogP contribution in [0.1, 0.15) is 38.4 Å². The van der Waals surface area contributed by atoms with Gasteiger partial charge in [-0.2, -0.15) is 0 Å². The minimum atomic E-state index is 0.000994. The molecule has 0 radical (unpaired) electrons. The second-order valence-corrected chi connectivity index (χ2v) is 5.00. The third-order valence-electron chi connectivity index (χ3n) is 3.46. The molecule has 0 saturated carbocycles. The van der Waals surface area contributed by atoms with E-state index in [4.69, 9.17) is 4.52 Å². The maximum absolute atomic E-state index is 11.8. The molecule has 2 heterocycles. The molecule has 0 unspecified atom stereocenters. The zero-order valence-corrected chi connectivity index (χ0v) is 11.1. The first-order valence-corrected chi connectivity index (χ1v) is 6.62. The van der Waals surface area contributed by atoms with Crippen LogP contribution in [-0.4, -0.2) is 35.1 Å². The number of rotatable bonds is 4. The number of hydrogen-bond donors (Lipinski definition) is 1. The fraction of sp³-hybridized carbons (Fsp3) is 0.692. The molecule has 0 aromatic carbocycles. The van der Waals surface area contributed by atoms with Gasteiger partial charge in [0.05, 0.1) is 0 Å². The summed E-state index contributed by atoms with van der Waals surface area (Å²) >= 11 is 0. The van der Waals surface area contributed by atoms with Gasteiger partial charge in [0.15, 0.2) is 5.82 Å². The molecule has 0 aliphatic carbocycles. The zero-order chi connectivity index (χ0) is 13.0. The third-order valence-corrected chi connectivity index (χ3v) is 3.46. The number of aryl methyl sites for hydroxylation is 1. The summed E-state index contributed by atoms with van der Waals surface area (Å²) in [7, 11) is 0. The summed E-state index contributed by atoms with van der Waals surface area (Å²) in [5.74, 6) is 1.21. The van der Waals surface area contributed by atoms with Crippen molar-refractivity contribution in [2.45, 2.75) is 45.6 Å². The van der Waals surface area contributed by atoms with E-state index >= 15 is 0 Å². The Morgan fingerprint density at radius 1 is 1.61 bits per heavy atom. The average molecular weight is 251 g/mol. The number of carbonyl (C=O) groups excluding carboxylic acids is 1. The highest BCUT2D eigenvalue weighted by atomic mass is 16.5. The molecular formula is C13H21N3O2. The Bertz CT molecular complexity index is 403. The van der Waals surface area contributed by atoms with Crippen LogP contribution in [-0.2, 0) is 4.79 Å². The molecule has 1 amide bonds. The van der Waals surface area contributed by atoms with Crippen molar-refractivity contribution in [2.24, 2.45) is 0 Å². The van der Waals surface area contributed by atoms with Crippen molar-refractivity contribution in [1.29, 1.82) is 0 Å². The van der Waals surface area contributed by atoms with Crippen LogP contribution in [0.15, 0.2) is 10.6 Å². The van der Waals surface area contributed by atoms with Crippen LogP contribution >= 0.6 is 0 Å². The minimum absolute atomic E-state index is 0.000994. The van der Waals surface area contributed by atoms with Crippen molar-refractivity contribution in [3.05, 3.63) is 11.8 Å². The average Bonchev–Trinajstić information content (AvgIpc) is 2.74. The van der Waals surface area contributed by atoms with Crippen molar-refractivity contribution in [3.63, 3.8) is 0 Å². The summed E-state index contributed by atoms with van der Waals surface area (Å²) in [6.45, 7) is 5.97. The van der Waals surface area contributed by atoms with Crippen LogP contribution in [0.25, 0.3) is 0 Å². The second kappa shape index (κ2) is 6.00. The lowest BCUT2D eigenvalue weighted by atomic mass is 10.0. The van der Waals surface area contributed by atoms with E-state index in [1.807, 2.05) is 0 Å². The van der Waals surface area contributed by atoms with E-state index in [2.05, 4.69) is 22.3 Å². The fourth-order valence-electron chi connectivity index (χ4n) is 2.37. The second-order valence-electron chi connectivity index (χ2n) is 5.00. The monoisotopic (exact) mass is 251 g/mol. The topological polar surface area (TPSA) is 58.4 Å². The minimum Gasteiger partial charge on any atom is -0.360 e. The SMILES string of the molecule is Cc1cc(NC(=O)CCN2CCCC[C@H]2C)no1. The lowest BCUT2D eigenvalue weighted by molar-refractivity contribution is -0.116. The molecule has 1 fully saturated rings. The predicted octanol–water partition coefficient (Wildman–Crippen LogP) is 2.19. The van der Waals surface area contributed by atoms with Crippen molar-refractivity contribution >= 4 is 11.7 Å². The van der Waals surface area contributed by atoms with Crippen LogP contribution in [0.5, 0.6) is 0 Å². The highest BCUT2D eigenvalue weighted by Crippen LogP contribution is 2.16. The first-order valence-electron chi connectivity index (χ1n) is 6.62. The quantitative estimate of drug-likeness (QED) is 0.891. The highest BCUT2D eigenvalue weighted by Gasteiger charge is 2.18. The number of nitrogens with zero attached hydrogens (tertiary/aromatic N) is 2. The van der Waals surface area contributed by atoms with Crippen LogP contribution in [0.4, 0.5) is 5.82 Å². The van der Waals surface area contributed by atoms with Gasteiger partial charge in [-0.25, -0.2) is 0 Å². The van der Waals surface area contributed by atoms with Crippen molar-refractivity contribution in [3.8, 4) is 0 Å². The van der Waals surface area contributed by atoms with Gasteiger partial charge < -0.3 is 14.7 Å². The maximum atomic E-state index is 11.8. The number of likely N-dealkylation sites (tertiary alicyclic amines) is 1. The summed E-state index contributed by atoms with van der Waals surface area (Å²) in [5, 5.41) is 6.49.